The maximum Gasteiger partial charge on any atom is 0.397 e. The molecule has 126 valence electrons. The molecular weight excluding hydrogens is 296 g/mol. The lowest BCUT2D eigenvalue weighted by atomic mass is 10.1. The van der Waals surface area contributed by atoms with Crippen molar-refractivity contribution in [3.63, 3.8) is 0 Å². The van der Waals surface area contributed by atoms with Crippen molar-refractivity contribution in [1.29, 1.82) is 0 Å². The van der Waals surface area contributed by atoms with Crippen molar-refractivity contribution in [1.82, 2.24) is 0 Å². The second kappa shape index (κ2) is 11.9. The molecule has 0 aromatic heterocycles. The summed E-state index contributed by atoms with van der Waals surface area (Å²) in [6.45, 7) is 3.91. The summed E-state index contributed by atoms with van der Waals surface area (Å²) in [5.41, 5.74) is 0. The maximum absolute atomic E-state index is 11.4. The van der Waals surface area contributed by atoms with E-state index in [1.165, 1.54) is 39.0 Å². The highest BCUT2D eigenvalue weighted by atomic mass is 32.3. The van der Waals surface area contributed by atoms with Crippen molar-refractivity contribution < 1.29 is 26.7 Å². The Labute approximate surface area is 128 Å². The number of esters is 1. The lowest BCUT2D eigenvalue weighted by Gasteiger charge is -2.09. The molecule has 0 aromatic carbocycles. The monoisotopic (exact) mass is 324 g/mol. The highest BCUT2D eigenvalue weighted by Gasteiger charge is 2.16. The molecule has 6 nitrogen and oxygen atoms in total. The zero-order valence-corrected chi connectivity index (χ0v) is 13.9. The van der Waals surface area contributed by atoms with E-state index in [4.69, 9.17) is 9.29 Å². The molecule has 1 unspecified atom stereocenters. The summed E-state index contributed by atoms with van der Waals surface area (Å²) < 4.78 is 38.5. The van der Waals surface area contributed by atoms with Gasteiger partial charge < -0.3 is 4.74 Å². The summed E-state index contributed by atoms with van der Waals surface area (Å²) in [7, 11) is -4.52. The molecule has 0 aromatic rings. The zero-order valence-electron chi connectivity index (χ0n) is 13.0. The van der Waals surface area contributed by atoms with E-state index in [-0.39, 0.29) is 6.42 Å². The first-order valence-electron chi connectivity index (χ1n) is 7.66. The molecule has 0 aliphatic carbocycles. The first-order valence-corrected chi connectivity index (χ1v) is 9.03. The van der Waals surface area contributed by atoms with Gasteiger partial charge in [0.2, 0.25) is 0 Å². The van der Waals surface area contributed by atoms with Crippen LogP contribution in [0.25, 0.3) is 0 Å². The molecule has 0 bridgehead atoms. The third-order valence-corrected chi connectivity index (χ3v) is 3.57. The Hall–Kier alpha value is -0.660. The maximum atomic E-state index is 11.4. The van der Waals surface area contributed by atoms with Crippen molar-refractivity contribution in [2.45, 2.75) is 77.7 Å². The highest BCUT2D eigenvalue weighted by molar-refractivity contribution is 7.80. The molecule has 1 N–H and O–H groups in total. The topological polar surface area (TPSA) is 89.9 Å². The number of hydrogen-bond acceptors (Lipinski definition) is 5. The molecule has 0 rings (SSSR count). The minimum Gasteiger partial charge on any atom is -0.466 e. The first-order chi connectivity index (χ1) is 9.85. The molecule has 0 amide bonds. The second-order valence-corrected chi connectivity index (χ2v) is 6.28. The van der Waals surface area contributed by atoms with Gasteiger partial charge in [0.1, 0.15) is 0 Å². The first kappa shape index (κ1) is 20.3. The van der Waals surface area contributed by atoms with E-state index < -0.39 is 22.5 Å². The van der Waals surface area contributed by atoms with Crippen molar-refractivity contribution in [3.05, 3.63) is 0 Å². The normalized spacial score (nSPS) is 13.1. The fraction of sp³-hybridized carbons (Fsp3) is 0.929. The molecule has 0 radical (unpaired) electrons. The van der Waals surface area contributed by atoms with Gasteiger partial charge in [-0.1, -0.05) is 51.9 Å². The van der Waals surface area contributed by atoms with Gasteiger partial charge in [-0.3, -0.25) is 9.35 Å². The van der Waals surface area contributed by atoms with Gasteiger partial charge in [-0.25, -0.2) is 4.18 Å². The average Bonchev–Trinajstić information content (AvgIpc) is 2.34. The van der Waals surface area contributed by atoms with Crippen LogP contribution >= 0.6 is 0 Å². The SMILES string of the molecule is CCCCCCCCCCOC(=O)CC(C)OS(=O)(=O)O. The molecule has 1 atom stereocenters. The minimum absolute atomic E-state index is 0.198. The Bertz CT molecular complexity index is 366. The van der Waals surface area contributed by atoms with Crippen molar-refractivity contribution in [2.75, 3.05) is 6.61 Å². The van der Waals surface area contributed by atoms with Gasteiger partial charge in [0.05, 0.1) is 19.1 Å². The lowest BCUT2D eigenvalue weighted by molar-refractivity contribution is -0.145. The summed E-state index contributed by atoms with van der Waals surface area (Å²) in [5, 5.41) is 0. The predicted molar refractivity (Wildman–Crippen MR) is 80.3 cm³/mol. The van der Waals surface area contributed by atoms with E-state index in [1.807, 2.05) is 0 Å². The fourth-order valence-electron chi connectivity index (χ4n) is 1.96. The van der Waals surface area contributed by atoms with Crippen LogP contribution in [0.2, 0.25) is 0 Å². The van der Waals surface area contributed by atoms with Crippen LogP contribution in [0, 0.1) is 0 Å². The zero-order chi connectivity index (χ0) is 16.1. The summed E-state index contributed by atoms with van der Waals surface area (Å²) in [6.07, 6.45) is 8.16. The molecule has 0 spiro atoms. The number of unbranched alkanes of at least 4 members (excludes halogenated alkanes) is 7. The molecular formula is C14H28O6S. The van der Waals surface area contributed by atoms with Crippen LogP contribution in [-0.4, -0.2) is 31.7 Å². The summed E-state index contributed by atoms with van der Waals surface area (Å²) >= 11 is 0. The van der Waals surface area contributed by atoms with Crippen LogP contribution in [0.1, 0.15) is 71.6 Å². The molecule has 21 heavy (non-hydrogen) atoms. The Kier molecular flexibility index (Phi) is 11.6. The molecule has 0 saturated carbocycles. The number of carbonyl (C=O) groups is 1. The van der Waals surface area contributed by atoms with Gasteiger partial charge in [-0.05, 0) is 13.3 Å². The molecule has 0 fully saturated rings. The van der Waals surface area contributed by atoms with Gasteiger partial charge in [0.15, 0.2) is 0 Å². The van der Waals surface area contributed by atoms with Crippen LogP contribution in [0.3, 0.4) is 0 Å². The number of ether oxygens (including phenoxy) is 1. The van der Waals surface area contributed by atoms with E-state index in [0.29, 0.717) is 6.61 Å². The Morgan fingerprint density at radius 3 is 2.10 bits per heavy atom. The third kappa shape index (κ3) is 15.5. The van der Waals surface area contributed by atoms with Crippen molar-refractivity contribution in [2.24, 2.45) is 0 Å². The van der Waals surface area contributed by atoms with Crippen LogP contribution in [0.4, 0.5) is 0 Å². The second-order valence-electron chi connectivity index (χ2n) is 5.23. The number of rotatable bonds is 13. The van der Waals surface area contributed by atoms with Crippen molar-refractivity contribution >= 4 is 16.4 Å². The molecule has 0 aliphatic heterocycles. The third-order valence-electron chi connectivity index (χ3n) is 3.00. The Morgan fingerprint density at radius 1 is 1.05 bits per heavy atom. The number of carbonyl (C=O) groups excluding carboxylic acids is 1. The minimum atomic E-state index is -4.52. The average molecular weight is 324 g/mol. The largest absolute Gasteiger partial charge is 0.466 e. The van der Waals surface area contributed by atoms with Gasteiger partial charge in [0.25, 0.3) is 0 Å². The fourth-order valence-corrected chi connectivity index (χ4v) is 2.44. The van der Waals surface area contributed by atoms with Gasteiger partial charge >= 0.3 is 16.4 Å². The standard InChI is InChI=1S/C14H28O6S/c1-3-4-5-6-7-8-9-10-11-19-14(15)12-13(2)20-21(16,17)18/h13H,3-12H2,1-2H3,(H,16,17,18). The predicted octanol–water partition coefficient (Wildman–Crippen LogP) is 3.27. The lowest BCUT2D eigenvalue weighted by Crippen LogP contribution is -2.20. The summed E-state index contributed by atoms with van der Waals surface area (Å²) in [5.74, 6) is -0.519. The van der Waals surface area contributed by atoms with Gasteiger partial charge in [-0.15, -0.1) is 0 Å². The van der Waals surface area contributed by atoms with E-state index in [0.717, 1.165) is 19.3 Å². The molecule has 7 heteroatoms. The number of hydrogen-bond donors (Lipinski definition) is 1. The van der Waals surface area contributed by atoms with Gasteiger partial charge in [-0.2, -0.15) is 8.42 Å². The van der Waals surface area contributed by atoms with E-state index in [2.05, 4.69) is 11.1 Å². The van der Waals surface area contributed by atoms with Crippen LogP contribution in [-0.2, 0) is 24.1 Å². The van der Waals surface area contributed by atoms with Gasteiger partial charge in [0, 0.05) is 0 Å². The summed E-state index contributed by atoms with van der Waals surface area (Å²) in [6, 6.07) is 0. The Morgan fingerprint density at radius 2 is 1.57 bits per heavy atom. The van der Waals surface area contributed by atoms with Crippen LogP contribution in [0.5, 0.6) is 0 Å². The van der Waals surface area contributed by atoms with E-state index in [1.54, 1.807) is 0 Å². The van der Waals surface area contributed by atoms with Crippen LogP contribution < -0.4 is 0 Å². The molecule has 0 aliphatic rings. The van der Waals surface area contributed by atoms with Crippen molar-refractivity contribution in [3.8, 4) is 0 Å². The van der Waals surface area contributed by atoms with Crippen LogP contribution in [0.15, 0.2) is 0 Å². The summed E-state index contributed by atoms with van der Waals surface area (Å²) in [4.78, 5) is 11.4. The highest BCUT2D eigenvalue weighted by Crippen LogP contribution is 2.09. The van der Waals surface area contributed by atoms with E-state index in [9.17, 15) is 13.2 Å². The quantitative estimate of drug-likeness (QED) is 0.318. The smallest absolute Gasteiger partial charge is 0.397 e. The molecule has 0 heterocycles. The van der Waals surface area contributed by atoms with E-state index >= 15 is 0 Å². The molecule has 0 saturated heterocycles. The Balaban J connectivity index is 3.46.